The van der Waals surface area contributed by atoms with E-state index in [-0.39, 0.29) is 8.64 Å². The minimum atomic E-state index is 0.194. The molecule has 0 aliphatic carbocycles. The predicted molar refractivity (Wildman–Crippen MR) is 133 cm³/mol. The van der Waals surface area contributed by atoms with Gasteiger partial charge >= 0.3 is 0 Å². The summed E-state index contributed by atoms with van der Waals surface area (Å²) < 4.78 is 1.63. The van der Waals surface area contributed by atoms with E-state index in [0.29, 0.717) is 8.64 Å². The summed E-state index contributed by atoms with van der Waals surface area (Å²) in [7, 11) is 7.43. The highest BCUT2D eigenvalue weighted by Crippen LogP contribution is 1.84. The summed E-state index contributed by atoms with van der Waals surface area (Å²) in [5, 5.41) is 0. The van der Waals surface area contributed by atoms with Crippen molar-refractivity contribution in [1.82, 2.24) is 9.80 Å². The van der Waals surface area contributed by atoms with Gasteiger partial charge < -0.3 is 21.3 Å². The Bertz CT molecular complexity index is 282. The highest BCUT2D eigenvalue weighted by Gasteiger charge is 1.84. The molecule has 0 bridgehead atoms. The van der Waals surface area contributed by atoms with E-state index in [9.17, 15) is 0 Å². The van der Waals surface area contributed by atoms with Crippen molar-refractivity contribution in [2.24, 2.45) is 11.5 Å². The van der Waals surface area contributed by atoms with Crippen molar-refractivity contribution in [3.05, 3.63) is 13.2 Å². The number of nitrogens with zero attached hydrogens (tertiary/aromatic N) is 2. The second-order valence-electron chi connectivity index (χ2n) is 3.03. The van der Waals surface area contributed by atoms with Crippen molar-refractivity contribution < 1.29 is 0 Å². The molecule has 0 heterocycles. The molecule has 0 aliphatic rings. The lowest BCUT2D eigenvalue weighted by molar-refractivity contribution is 0.648. The molecule has 4 N–H and O–H groups in total. The fourth-order valence-corrected chi connectivity index (χ4v) is 0. The fraction of sp³-hybridized carbons (Fsp3) is 0.400. The zero-order chi connectivity index (χ0) is 19.5. The van der Waals surface area contributed by atoms with E-state index < -0.39 is 0 Å². The summed E-state index contributed by atoms with van der Waals surface area (Å²) in [6.45, 7) is 6.00. The molecule has 0 atom stereocenters. The minimum absolute atomic E-state index is 0.194. The average Bonchev–Trinajstić information content (AvgIpc) is 2.30. The van der Waals surface area contributed by atoms with E-state index in [4.69, 9.17) is 11.5 Å². The lowest BCUT2D eigenvalue weighted by Gasteiger charge is -2.05. The van der Waals surface area contributed by atoms with Crippen LogP contribution in [0.25, 0.3) is 0 Å². The Morgan fingerprint density at radius 3 is 0.727 bits per heavy atom. The summed E-state index contributed by atoms with van der Waals surface area (Å²) >= 11 is 32.2. The highest BCUT2D eigenvalue weighted by molar-refractivity contribution is 8.11. The van der Waals surface area contributed by atoms with E-state index in [0.717, 1.165) is 0 Å². The van der Waals surface area contributed by atoms with Crippen LogP contribution >= 0.6 is 99.4 Å². The molecule has 0 fully saturated rings. The predicted octanol–water partition coefficient (Wildman–Crippen LogP) is 2.65. The maximum atomic E-state index is 4.71. The van der Waals surface area contributed by atoms with Gasteiger partial charge in [0.15, 0.2) is 0 Å². The van der Waals surface area contributed by atoms with Crippen LogP contribution in [-0.2, 0) is 0 Å². The van der Waals surface area contributed by atoms with Gasteiger partial charge in [-0.05, 0) is 0 Å². The van der Waals surface area contributed by atoms with Gasteiger partial charge in [-0.3, -0.25) is 0 Å². The Morgan fingerprint density at radius 2 is 0.727 bits per heavy atom. The maximum Gasteiger partial charge on any atom is 0.132 e. The van der Waals surface area contributed by atoms with E-state index in [2.05, 4.69) is 113 Å². The molecule has 0 saturated carbocycles. The molecule has 4 nitrogen and oxygen atoms in total. The number of nitrogens with two attached hydrogens (primary N) is 2. The summed E-state index contributed by atoms with van der Waals surface area (Å²) in [6, 6.07) is 0. The molecule has 0 radical (unpaired) electrons. The number of hydrogen-bond acceptors (Lipinski definition) is 4. The Labute approximate surface area is 178 Å². The van der Waals surface area contributed by atoms with Crippen LogP contribution in [0.15, 0.2) is 13.2 Å². The van der Waals surface area contributed by atoms with Crippen LogP contribution < -0.4 is 11.5 Å². The molecule has 0 spiro atoms. The van der Waals surface area contributed by atoms with Crippen LogP contribution in [0.4, 0.5) is 0 Å². The Hall–Kier alpha value is 0.700. The van der Waals surface area contributed by atoms with Gasteiger partial charge in [0.2, 0.25) is 0 Å². The Balaban J connectivity index is -0.0000000571. The first-order chi connectivity index (χ1) is 9.75. The van der Waals surface area contributed by atoms with Gasteiger partial charge in [0.1, 0.15) is 17.3 Å². The summed E-state index contributed by atoms with van der Waals surface area (Å²) in [5.74, 6) is 0. The van der Waals surface area contributed by atoms with Gasteiger partial charge in [0, 0.05) is 28.2 Å². The summed E-state index contributed by atoms with van der Waals surface area (Å²) in [6.07, 6.45) is 0. The quantitative estimate of drug-likeness (QED) is 0.189. The molecule has 0 aromatic heterocycles. The van der Waals surface area contributed by atoms with Crippen molar-refractivity contribution in [3.63, 3.8) is 0 Å². The SMILES string of the molecule is C=C.CN(C)C(=S)S.CN(C)C(=S)S.NC(=S)S.NC(=S)S. The smallest absolute Gasteiger partial charge is 0.132 e. The number of hydrogen-bond donors (Lipinski definition) is 6. The normalized spacial score (nSPS) is 6.73. The average molecular weight is 457 g/mol. The third-order valence-electron chi connectivity index (χ3n) is 0.765. The highest BCUT2D eigenvalue weighted by atomic mass is 32.1. The first kappa shape index (κ1) is 34.1. The van der Waals surface area contributed by atoms with Crippen molar-refractivity contribution in [1.29, 1.82) is 0 Å². The monoisotopic (exact) mass is 456 g/mol. The number of thiocarbonyl (C=S) groups is 4. The molecule has 0 rings (SSSR count). The third-order valence-corrected chi connectivity index (χ3v) is 2.30. The van der Waals surface area contributed by atoms with E-state index in [1.165, 1.54) is 0 Å². The second kappa shape index (κ2) is 26.6. The molecule has 22 heavy (non-hydrogen) atoms. The summed E-state index contributed by atoms with van der Waals surface area (Å²) in [4.78, 5) is 3.52. The van der Waals surface area contributed by atoms with E-state index in [1.54, 1.807) is 9.80 Å². The lowest BCUT2D eigenvalue weighted by atomic mass is 11.0. The molecular formula is C10H24N4S8. The number of rotatable bonds is 0. The van der Waals surface area contributed by atoms with Gasteiger partial charge in [0.05, 0.1) is 0 Å². The van der Waals surface area contributed by atoms with Crippen LogP contribution in [0.2, 0.25) is 0 Å². The third kappa shape index (κ3) is 106. The van der Waals surface area contributed by atoms with Crippen LogP contribution in [0, 0.1) is 0 Å². The molecule has 0 aromatic carbocycles. The fourth-order valence-electron chi connectivity index (χ4n) is 0. The van der Waals surface area contributed by atoms with Crippen LogP contribution in [-0.4, -0.2) is 55.3 Å². The van der Waals surface area contributed by atoms with Gasteiger partial charge in [-0.1, -0.05) is 48.9 Å². The maximum absolute atomic E-state index is 4.71. The Kier molecular flexibility index (Phi) is 41.2. The van der Waals surface area contributed by atoms with Crippen molar-refractivity contribution in [3.8, 4) is 0 Å². The van der Waals surface area contributed by atoms with E-state index in [1.807, 2.05) is 28.2 Å². The van der Waals surface area contributed by atoms with Crippen molar-refractivity contribution in [2.45, 2.75) is 0 Å². The molecule has 0 amide bonds. The topological polar surface area (TPSA) is 58.5 Å². The lowest BCUT2D eigenvalue weighted by Crippen LogP contribution is -2.12. The van der Waals surface area contributed by atoms with E-state index >= 15 is 0 Å². The summed E-state index contributed by atoms with van der Waals surface area (Å²) in [5.41, 5.74) is 9.41. The second-order valence-corrected chi connectivity index (χ2v) is 7.70. The largest absolute Gasteiger partial charge is 0.385 e. The van der Waals surface area contributed by atoms with Crippen molar-refractivity contribution in [2.75, 3.05) is 28.2 Å². The van der Waals surface area contributed by atoms with Crippen LogP contribution in [0.5, 0.6) is 0 Å². The number of thiol groups is 4. The minimum Gasteiger partial charge on any atom is -0.385 e. The molecule has 0 aromatic rings. The standard InChI is InChI=1S/2C3H7NS2.C2H4.2CH3NS2/c2*1-4(2)3(5)6;1-2;2*2-1(3)4/h2*1-2H3,(H,5,6);1-2H2;2*(H3,2,3,4). The van der Waals surface area contributed by atoms with Crippen LogP contribution in [0.3, 0.4) is 0 Å². The van der Waals surface area contributed by atoms with Gasteiger partial charge in [-0.25, -0.2) is 0 Å². The van der Waals surface area contributed by atoms with Crippen LogP contribution in [0.1, 0.15) is 0 Å². The van der Waals surface area contributed by atoms with Gasteiger partial charge in [-0.15, -0.1) is 63.7 Å². The van der Waals surface area contributed by atoms with Gasteiger partial charge in [0.25, 0.3) is 0 Å². The zero-order valence-electron chi connectivity index (χ0n) is 12.9. The zero-order valence-corrected chi connectivity index (χ0v) is 19.7. The molecular weight excluding hydrogens is 433 g/mol. The van der Waals surface area contributed by atoms with Crippen molar-refractivity contribution >= 4 is 117 Å². The molecule has 12 heteroatoms. The molecule has 132 valence electrons. The molecule has 0 unspecified atom stereocenters. The first-order valence-electron chi connectivity index (χ1n) is 5.02. The van der Waals surface area contributed by atoms with Gasteiger partial charge in [-0.2, -0.15) is 0 Å². The first-order valence-corrected chi connectivity index (χ1v) is 8.45. The molecule has 0 saturated heterocycles. The molecule has 0 aliphatic heterocycles. The Morgan fingerprint density at radius 1 is 0.682 bits per heavy atom.